The molecule has 2 heteroatoms. The lowest BCUT2D eigenvalue weighted by Gasteiger charge is -2.26. The summed E-state index contributed by atoms with van der Waals surface area (Å²) >= 11 is 0. The lowest BCUT2D eigenvalue weighted by molar-refractivity contribution is 0.243. The van der Waals surface area contributed by atoms with Crippen molar-refractivity contribution in [1.29, 1.82) is 0 Å². The molecule has 0 rings (SSSR count). The molecule has 0 aromatic carbocycles. The monoisotopic (exact) mass is 214 g/mol. The fourth-order valence-electron chi connectivity index (χ4n) is 1.81. The first-order valence-electron chi connectivity index (χ1n) is 6.46. The van der Waals surface area contributed by atoms with Gasteiger partial charge in [-0.3, -0.25) is 0 Å². The highest BCUT2D eigenvalue weighted by Gasteiger charge is 2.11. The summed E-state index contributed by atoms with van der Waals surface area (Å²) in [4.78, 5) is 2.43. The van der Waals surface area contributed by atoms with Crippen molar-refractivity contribution in [2.75, 3.05) is 20.1 Å². The quantitative estimate of drug-likeness (QED) is 0.668. The van der Waals surface area contributed by atoms with E-state index in [1.807, 2.05) is 0 Å². The van der Waals surface area contributed by atoms with Crippen LogP contribution in [0.4, 0.5) is 0 Å². The van der Waals surface area contributed by atoms with Crippen molar-refractivity contribution in [3.8, 4) is 0 Å². The summed E-state index contributed by atoms with van der Waals surface area (Å²) in [5, 5.41) is 3.64. The summed E-state index contributed by atoms with van der Waals surface area (Å²) in [6, 6.07) is 1.38. The Hall–Kier alpha value is -0.0800. The molecule has 1 N–H and O–H groups in total. The molecule has 92 valence electrons. The van der Waals surface area contributed by atoms with Gasteiger partial charge in [-0.2, -0.15) is 0 Å². The first kappa shape index (κ1) is 14.9. The zero-order chi connectivity index (χ0) is 11.8. The molecule has 0 aromatic heterocycles. The Morgan fingerprint density at radius 3 is 2.07 bits per heavy atom. The maximum atomic E-state index is 3.64. The summed E-state index contributed by atoms with van der Waals surface area (Å²) in [6.07, 6.45) is 2.46. The van der Waals surface area contributed by atoms with E-state index < -0.39 is 0 Å². The van der Waals surface area contributed by atoms with Crippen LogP contribution in [0.15, 0.2) is 0 Å². The Morgan fingerprint density at radius 1 is 1.07 bits per heavy atom. The summed E-state index contributed by atoms with van der Waals surface area (Å²) in [7, 11) is 2.21. The van der Waals surface area contributed by atoms with Gasteiger partial charge in [0.15, 0.2) is 0 Å². The molecule has 0 aliphatic heterocycles. The van der Waals surface area contributed by atoms with Crippen molar-refractivity contribution in [2.24, 2.45) is 5.92 Å². The van der Waals surface area contributed by atoms with Gasteiger partial charge in [-0.25, -0.2) is 0 Å². The summed E-state index contributed by atoms with van der Waals surface area (Å²) in [5.41, 5.74) is 0. The van der Waals surface area contributed by atoms with Crippen LogP contribution in [0.3, 0.4) is 0 Å². The van der Waals surface area contributed by atoms with Gasteiger partial charge in [-0.15, -0.1) is 0 Å². The molecule has 0 bridgehead atoms. The molecule has 0 radical (unpaired) electrons. The van der Waals surface area contributed by atoms with E-state index in [4.69, 9.17) is 0 Å². The molecule has 0 amide bonds. The third-order valence-corrected chi connectivity index (χ3v) is 3.46. The lowest BCUT2D eigenvalue weighted by atomic mass is 10.0. The molecule has 0 spiro atoms. The zero-order valence-corrected chi connectivity index (χ0v) is 11.5. The maximum Gasteiger partial charge on any atom is 0.0107 e. The van der Waals surface area contributed by atoms with E-state index in [9.17, 15) is 0 Å². The van der Waals surface area contributed by atoms with E-state index in [1.165, 1.54) is 12.8 Å². The Labute approximate surface area is 96.4 Å². The van der Waals surface area contributed by atoms with E-state index in [0.29, 0.717) is 12.1 Å². The average molecular weight is 214 g/mol. The fraction of sp³-hybridized carbons (Fsp3) is 1.00. The topological polar surface area (TPSA) is 15.3 Å². The van der Waals surface area contributed by atoms with Crippen LogP contribution in [0.5, 0.6) is 0 Å². The highest BCUT2D eigenvalue weighted by atomic mass is 15.1. The van der Waals surface area contributed by atoms with Gasteiger partial charge in [0.05, 0.1) is 0 Å². The van der Waals surface area contributed by atoms with Crippen molar-refractivity contribution in [2.45, 2.75) is 59.5 Å². The highest BCUT2D eigenvalue weighted by molar-refractivity contribution is 4.70. The minimum atomic E-state index is 0.676. The molecule has 15 heavy (non-hydrogen) atoms. The van der Waals surface area contributed by atoms with Crippen LogP contribution in [0.1, 0.15) is 47.5 Å². The molecule has 0 saturated carbocycles. The van der Waals surface area contributed by atoms with Crippen molar-refractivity contribution in [3.63, 3.8) is 0 Å². The summed E-state index contributed by atoms with van der Waals surface area (Å²) < 4.78 is 0. The lowest BCUT2D eigenvalue weighted by Crippen LogP contribution is -2.40. The Morgan fingerprint density at radius 2 is 1.67 bits per heavy atom. The third kappa shape index (κ3) is 6.16. The number of hydrogen-bond donors (Lipinski definition) is 1. The minimum absolute atomic E-state index is 0.676. The second-order valence-corrected chi connectivity index (χ2v) is 4.95. The van der Waals surface area contributed by atoms with Crippen molar-refractivity contribution < 1.29 is 0 Å². The number of nitrogens with zero attached hydrogens (tertiary/aromatic N) is 1. The van der Waals surface area contributed by atoms with Gasteiger partial charge in [0, 0.05) is 25.2 Å². The Balaban J connectivity index is 3.68. The molecule has 0 aliphatic rings. The van der Waals surface area contributed by atoms with E-state index in [-0.39, 0.29) is 0 Å². The van der Waals surface area contributed by atoms with Crippen LogP contribution in [-0.2, 0) is 0 Å². The predicted molar refractivity (Wildman–Crippen MR) is 69.3 cm³/mol. The Kier molecular flexibility index (Phi) is 8.07. The molecule has 2 atom stereocenters. The second kappa shape index (κ2) is 8.12. The smallest absolute Gasteiger partial charge is 0.0107 e. The molecular formula is C13H30N2. The number of hydrogen-bond acceptors (Lipinski definition) is 2. The van der Waals surface area contributed by atoms with Crippen LogP contribution < -0.4 is 5.32 Å². The molecule has 0 aliphatic carbocycles. The zero-order valence-electron chi connectivity index (χ0n) is 11.5. The van der Waals surface area contributed by atoms with Crippen LogP contribution in [-0.4, -0.2) is 37.1 Å². The summed E-state index contributed by atoms with van der Waals surface area (Å²) in [6.45, 7) is 13.6. The van der Waals surface area contributed by atoms with E-state index >= 15 is 0 Å². The fourth-order valence-corrected chi connectivity index (χ4v) is 1.81. The second-order valence-electron chi connectivity index (χ2n) is 4.95. The van der Waals surface area contributed by atoms with Gasteiger partial charge in [0.2, 0.25) is 0 Å². The van der Waals surface area contributed by atoms with Crippen LogP contribution in [0.25, 0.3) is 0 Å². The number of rotatable bonds is 8. The van der Waals surface area contributed by atoms with Gasteiger partial charge < -0.3 is 10.2 Å². The van der Waals surface area contributed by atoms with Gasteiger partial charge in [-0.1, -0.05) is 27.7 Å². The van der Waals surface area contributed by atoms with Crippen LogP contribution in [0, 0.1) is 5.92 Å². The molecular weight excluding hydrogens is 184 g/mol. The summed E-state index contributed by atoms with van der Waals surface area (Å²) in [5.74, 6) is 0.740. The molecule has 2 unspecified atom stereocenters. The molecule has 0 fully saturated rings. The molecule has 0 heterocycles. The van der Waals surface area contributed by atoms with Gasteiger partial charge in [0.1, 0.15) is 0 Å². The van der Waals surface area contributed by atoms with E-state index in [2.05, 4.69) is 51.9 Å². The standard InChI is InChI=1S/C13H30N2/c1-7-12(5)15(6)10-9-14-13(8-2)11(3)4/h11-14H,7-10H2,1-6H3. The first-order valence-corrected chi connectivity index (χ1v) is 6.46. The van der Waals surface area contributed by atoms with Crippen LogP contribution in [0.2, 0.25) is 0 Å². The molecule has 0 saturated heterocycles. The number of nitrogens with one attached hydrogen (secondary N) is 1. The Bertz CT molecular complexity index is 145. The SMILES string of the molecule is CCC(NCCN(C)C(C)CC)C(C)C. The molecule has 0 aromatic rings. The number of likely N-dealkylation sites (N-methyl/N-ethyl adjacent to an activating group) is 1. The van der Waals surface area contributed by atoms with Crippen molar-refractivity contribution in [3.05, 3.63) is 0 Å². The highest BCUT2D eigenvalue weighted by Crippen LogP contribution is 2.05. The normalized spacial score (nSPS) is 16.0. The van der Waals surface area contributed by atoms with E-state index in [0.717, 1.165) is 19.0 Å². The predicted octanol–water partition coefficient (Wildman–Crippen LogP) is 2.74. The first-order chi connectivity index (χ1) is 7.02. The van der Waals surface area contributed by atoms with Crippen molar-refractivity contribution in [1.82, 2.24) is 10.2 Å². The van der Waals surface area contributed by atoms with E-state index in [1.54, 1.807) is 0 Å². The van der Waals surface area contributed by atoms with Gasteiger partial charge >= 0.3 is 0 Å². The maximum absolute atomic E-state index is 3.64. The van der Waals surface area contributed by atoms with Crippen LogP contribution >= 0.6 is 0 Å². The van der Waals surface area contributed by atoms with Gasteiger partial charge in [-0.05, 0) is 32.7 Å². The van der Waals surface area contributed by atoms with Gasteiger partial charge in [0.25, 0.3) is 0 Å². The average Bonchev–Trinajstić information content (AvgIpc) is 2.22. The molecule has 2 nitrogen and oxygen atoms in total. The minimum Gasteiger partial charge on any atom is -0.312 e. The largest absolute Gasteiger partial charge is 0.312 e. The van der Waals surface area contributed by atoms with Crippen molar-refractivity contribution >= 4 is 0 Å². The third-order valence-electron chi connectivity index (χ3n) is 3.46.